The highest BCUT2D eigenvalue weighted by Gasteiger charge is 2.00. The molecule has 0 spiro atoms. The Morgan fingerprint density at radius 1 is 1.06 bits per heavy atom. The van der Waals surface area contributed by atoms with Crippen LogP contribution in [-0.2, 0) is 0 Å². The van der Waals surface area contributed by atoms with Crippen molar-refractivity contribution in [3.63, 3.8) is 0 Å². The first kappa shape index (κ1) is 10.8. The summed E-state index contributed by atoms with van der Waals surface area (Å²) in [5, 5.41) is 9.50. The van der Waals surface area contributed by atoms with E-state index in [0.29, 0.717) is 5.56 Å². The number of anilines is 2. The monoisotopic (exact) mass is 230 g/mol. The molecule has 1 aromatic heterocycles. The van der Waals surface area contributed by atoms with Gasteiger partial charge in [-0.25, -0.2) is 4.99 Å². The molecule has 1 heterocycles. The number of phenols is 1. The van der Waals surface area contributed by atoms with Crippen LogP contribution in [0.3, 0.4) is 0 Å². The predicted octanol–water partition coefficient (Wildman–Crippen LogP) is 0.492. The van der Waals surface area contributed by atoms with Crippen LogP contribution in [0.2, 0.25) is 0 Å². The molecule has 0 saturated carbocycles. The van der Waals surface area contributed by atoms with Crippen LogP contribution in [0.15, 0.2) is 29.3 Å². The zero-order valence-corrected chi connectivity index (χ0v) is 8.78. The number of rotatable bonds is 2. The molecule has 2 aromatic rings. The lowest BCUT2D eigenvalue weighted by molar-refractivity contribution is 0.474. The molecule has 0 atom stereocenters. The Labute approximate surface area is 96.9 Å². The van der Waals surface area contributed by atoms with E-state index in [4.69, 9.17) is 11.5 Å². The van der Waals surface area contributed by atoms with Crippen LogP contribution < -0.4 is 11.5 Å². The van der Waals surface area contributed by atoms with Crippen LogP contribution in [0.1, 0.15) is 5.56 Å². The Morgan fingerprint density at radius 3 is 2.35 bits per heavy atom. The number of hydrogen-bond donors (Lipinski definition) is 3. The van der Waals surface area contributed by atoms with Crippen molar-refractivity contribution in [3.8, 4) is 5.75 Å². The number of aliphatic imine (C=N–C) groups is 1. The second-order valence-electron chi connectivity index (χ2n) is 3.17. The van der Waals surface area contributed by atoms with E-state index < -0.39 is 0 Å². The van der Waals surface area contributed by atoms with E-state index in [2.05, 4.69) is 19.9 Å². The van der Waals surface area contributed by atoms with Crippen molar-refractivity contribution >= 4 is 24.1 Å². The van der Waals surface area contributed by atoms with Gasteiger partial charge >= 0.3 is 0 Å². The van der Waals surface area contributed by atoms with E-state index in [-0.39, 0.29) is 23.6 Å². The summed E-state index contributed by atoms with van der Waals surface area (Å²) in [5.74, 6) is 0.216. The largest absolute Gasteiger partial charge is 0.507 e. The number of para-hydroxylation sites is 1. The lowest BCUT2D eigenvalue weighted by atomic mass is 10.2. The minimum atomic E-state index is 0.00179. The first-order valence-corrected chi connectivity index (χ1v) is 4.74. The smallest absolute Gasteiger partial charge is 0.255 e. The van der Waals surface area contributed by atoms with Gasteiger partial charge < -0.3 is 16.6 Å². The van der Waals surface area contributed by atoms with Crippen LogP contribution in [0, 0.1) is 0 Å². The van der Waals surface area contributed by atoms with Crippen molar-refractivity contribution in [3.05, 3.63) is 29.8 Å². The molecule has 0 fully saturated rings. The molecule has 0 saturated heterocycles. The second kappa shape index (κ2) is 4.44. The zero-order chi connectivity index (χ0) is 12.3. The van der Waals surface area contributed by atoms with Gasteiger partial charge in [0.1, 0.15) is 5.75 Å². The van der Waals surface area contributed by atoms with Gasteiger partial charge in [0.25, 0.3) is 5.95 Å². The highest BCUT2D eigenvalue weighted by Crippen LogP contribution is 2.14. The van der Waals surface area contributed by atoms with Crippen molar-refractivity contribution in [2.24, 2.45) is 4.99 Å². The maximum Gasteiger partial charge on any atom is 0.255 e. The fourth-order valence-electron chi connectivity index (χ4n) is 1.18. The molecule has 0 radical (unpaired) electrons. The van der Waals surface area contributed by atoms with Crippen molar-refractivity contribution in [1.82, 2.24) is 15.0 Å². The number of nitrogen functional groups attached to an aromatic ring is 2. The highest BCUT2D eigenvalue weighted by atomic mass is 16.3. The highest BCUT2D eigenvalue weighted by molar-refractivity contribution is 5.84. The Balaban J connectivity index is 2.29. The summed E-state index contributed by atoms with van der Waals surface area (Å²) >= 11 is 0. The molecule has 0 aliphatic heterocycles. The Bertz CT molecular complexity index is 548. The standard InChI is InChI=1S/C10H10N6O/c11-8-14-9(12)16-10(15-8)13-5-6-3-1-2-4-7(6)17/h1-5,17H,(H4,11,12,14,15,16)/b13-5+. The molecule has 5 N–H and O–H groups in total. The van der Waals surface area contributed by atoms with Crippen molar-refractivity contribution < 1.29 is 5.11 Å². The summed E-state index contributed by atoms with van der Waals surface area (Å²) in [5.41, 5.74) is 11.3. The van der Waals surface area contributed by atoms with Crippen LogP contribution in [0.4, 0.5) is 17.8 Å². The summed E-state index contributed by atoms with van der Waals surface area (Å²) in [6, 6.07) is 6.74. The van der Waals surface area contributed by atoms with Gasteiger partial charge in [0.2, 0.25) is 11.9 Å². The van der Waals surface area contributed by atoms with E-state index in [1.54, 1.807) is 24.3 Å². The van der Waals surface area contributed by atoms with E-state index >= 15 is 0 Å². The van der Waals surface area contributed by atoms with E-state index in [1.165, 1.54) is 6.21 Å². The van der Waals surface area contributed by atoms with Gasteiger partial charge in [-0.05, 0) is 12.1 Å². The lowest BCUT2D eigenvalue weighted by Gasteiger charge is -1.98. The van der Waals surface area contributed by atoms with Gasteiger partial charge in [-0.3, -0.25) is 0 Å². The zero-order valence-electron chi connectivity index (χ0n) is 8.78. The number of nitrogens with zero attached hydrogens (tertiary/aromatic N) is 4. The molecule has 1 aromatic carbocycles. The number of phenolic OH excluding ortho intramolecular Hbond substituents is 1. The topological polar surface area (TPSA) is 123 Å². The fourth-order valence-corrected chi connectivity index (χ4v) is 1.18. The molecule has 86 valence electrons. The van der Waals surface area contributed by atoms with Gasteiger partial charge in [0, 0.05) is 11.8 Å². The first-order chi connectivity index (χ1) is 8.15. The number of nitrogens with two attached hydrogens (primary N) is 2. The summed E-state index contributed by atoms with van der Waals surface area (Å²) < 4.78 is 0. The van der Waals surface area contributed by atoms with Crippen LogP contribution in [0.25, 0.3) is 0 Å². The average molecular weight is 230 g/mol. The van der Waals surface area contributed by atoms with Gasteiger partial charge in [-0.15, -0.1) is 0 Å². The van der Waals surface area contributed by atoms with Crippen LogP contribution >= 0.6 is 0 Å². The molecule has 7 nitrogen and oxygen atoms in total. The minimum Gasteiger partial charge on any atom is -0.507 e. The summed E-state index contributed by atoms with van der Waals surface area (Å²) in [4.78, 5) is 15.1. The molecule has 2 rings (SSSR count). The number of hydrogen-bond acceptors (Lipinski definition) is 7. The molecule has 0 amide bonds. The fraction of sp³-hybridized carbons (Fsp3) is 0. The predicted molar refractivity (Wildman–Crippen MR) is 64.0 cm³/mol. The molecule has 0 unspecified atom stereocenters. The number of aromatic nitrogens is 3. The molecular weight excluding hydrogens is 220 g/mol. The first-order valence-electron chi connectivity index (χ1n) is 4.74. The van der Waals surface area contributed by atoms with Gasteiger partial charge in [0.15, 0.2) is 0 Å². The molecule has 7 heteroatoms. The molecule has 17 heavy (non-hydrogen) atoms. The maximum absolute atomic E-state index is 9.50. The summed E-state index contributed by atoms with van der Waals surface area (Å²) in [6.07, 6.45) is 1.42. The third-order valence-electron chi connectivity index (χ3n) is 1.91. The van der Waals surface area contributed by atoms with Crippen molar-refractivity contribution in [1.29, 1.82) is 0 Å². The Hall–Kier alpha value is -2.70. The summed E-state index contributed by atoms with van der Waals surface area (Å²) in [7, 11) is 0. The van der Waals surface area contributed by atoms with Crippen LogP contribution in [0.5, 0.6) is 5.75 Å². The third-order valence-corrected chi connectivity index (χ3v) is 1.91. The minimum absolute atomic E-state index is 0.00179. The van der Waals surface area contributed by atoms with E-state index in [0.717, 1.165) is 0 Å². The maximum atomic E-state index is 9.50. The third kappa shape index (κ3) is 2.65. The number of aromatic hydroxyl groups is 1. The van der Waals surface area contributed by atoms with Gasteiger partial charge in [-0.1, -0.05) is 12.1 Å². The lowest BCUT2D eigenvalue weighted by Crippen LogP contribution is -2.01. The van der Waals surface area contributed by atoms with E-state index in [9.17, 15) is 5.11 Å². The second-order valence-corrected chi connectivity index (χ2v) is 3.17. The Morgan fingerprint density at radius 2 is 1.71 bits per heavy atom. The Kier molecular flexibility index (Phi) is 2.82. The molecule has 0 aliphatic carbocycles. The normalized spacial score (nSPS) is 10.8. The van der Waals surface area contributed by atoms with E-state index in [1.807, 2.05) is 0 Å². The molecule has 0 aliphatic rings. The molecular formula is C10H10N6O. The molecule has 0 bridgehead atoms. The quantitative estimate of drug-likeness (QED) is 0.645. The SMILES string of the molecule is Nc1nc(N)nc(/N=C/c2ccccc2O)n1. The van der Waals surface area contributed by atoms with Crippen LogP contribution in [-0.4, -0.2) is 26.3 Å². The average Bonchev–Trinajstić information content (AvgIpc) is 2.27. The summed E-state index contributed by atoms with van der Waals surface area (Å²) in [6.45, 7) is 0. The van der Waals surface area contributed by atoms with Gasteiger partial charge in [0.05, 0.1) is 0 Å². The van der Waals surface area contributed by atoms with Crippen molar-refractivity contribution in [2.45, 2.75) is 0 Å². The number of benzene rings is 1. The van der Waals surface area contributed by atoms with Crippen molar-refractivity contribution in [2.75, 3.05) is 11.5 Å². The van der Waals surface area contributed by atoms with Gasteiger partial charge in [-0.2, -0.15) is 15.0 Å².